The van der Waals surface area contributed by atoms with E-state index in [0.717, 1.165) is 54.9 Å². The van der Waals surface area contributed by atoms with Crippen LogP contribution in [0.1, 0.15) is 65.2 Å². The molecule has 1 fully saturated rings. The molecule has 3 aliphatic heterocycles. The molecular formula is C31H35N5O3. The Kier molecular flexibility index (Phi) is 7.04. The number of hydrogen-bond donors (Lipinski definition) is 1. The van der Waals surface area contributed by atoms with E-state index < -0.39 is 0 Å². The topological polar surface area (TPSA) is 87.7 Å². The minimum absolute atomic E-state index is 0.00685. The molecule has 0 aliphatic carbocycles. The van der Waals surface area contributed by atoms with Gasteiger partial charge in [-0.15, -0.1) is 0 Å². The number of carbonyl (C=O) groups excluding carboxylic acids is 2. The van der Waals surface area contributed by atoms with Crippen LogP contribution in [0.4, 0.5) is 5.95 Å². The van der Waals surface area contributed by atoms with Crippen LogP contribution < -0.4 is 5.32 Å². The Bertz CT molecular complexity index is 1400. The molecule has 202 valence electrons. The van der Waals surface area contributed by atoms with Crippen molar-refractivity contribution in [3.63, 3.8) is 0 Å². The van der Waals surface area contributed by atoms with E-state index in [-0.39, 0.29) is 30.3 Å². The van der Waals surface area contributed by atoms with Crippen LogP contribution in [0.5, 0.6) is 0 Å². The lowest BCUT2D eigenvalue weighted by atomic mass is 9.96. The number of nitrogens with zero attached hydrogens (tertiary/aromatic N) is 4. The number of rotatable bonds is 6. The standard InChI is InChI=1S/C31H35N5O3/c1-20(2)27-16-32-31(33-25-10-13-39-14-11-25)34-29(27)22-7-8-24-18-36(30(38)26(24)15-22)19-28(37)35-12-9-21-5-3-4-6-23(21)17-35/h3-8,15-16,20,25H,9-14,17-19H2,1-2H3,(H,32,33,34). The Morgan fingerprint density at radius 3 is 2.67 bits per heavy atom. The summed E-state index contributed by atoms with van der Waals surface area (Å²) in [7, 11) is 0. The fraction of sp³-hybridized carbons (Fsp3) is 0.419. The van der Waals surface area contributed by atoms with Crippen molar-refractivity contribution in [3.8, 4) is 11.3 Å². The van der Waals surface area contributed by atoms with Crippen molar-refractivity contribution in [2.75, 3.05) is 31.6 Å². The van der Waals surface area contributed by atoms with Gasteiger partial charge >= 0.3 is 0 Å². The van der Waals surface area contributed by atoms with Crippen LogP contribution in [0.15, 0.2) is 48.7 Å². The van der Waals surface area contributed by atoms with E-state index in [1.807, 2.05) is 41.4 Å². The first kappa shape index (κ1) is 25.5. The lowest BCUT2D eigenvalue weighted by Crippen LogP contribution is -2.42. The third kappa shape index (κ3) is 5.26. The summed E-state index contributed by atoms with van der Waals surface area (Å²) < 4.78 is 5.47. The molecular weight excluding hydrogens is 490 g/mol. The van der Waals surface area contributed by atoms with E-state index in [1.54, 1.807) is 4.90 Å². The highest BCUT2D eigenvalue weighted by atomic mass is 16.5. The highest BCUT2D eigenvalue weighted by molar-refractivity contribution is 6.01. The quantitative estimate of drug-likeness (QED) is 0.513. The van der Waals surface area contributed by atoms with Crippen molar-refractivity contribution in [2.45, 2.75) is 58.2 Å². The van der Waals surface area contributed by atoms with E-state index in [4.69, 9.17) is 9.72 Å². The smallest absolute Gasteiger partial charge is 0.254 e. The van der Waals surface area contributed by atoms with Gasteiger partial charge in [-0.25, -0.2) is 9.97 Å². The molecule has 0 saturated carbocycles. The van der Waals surface area contributed by atoms with Crippen LogP contribution in [-0.2, 0) is 29.0 Å². The minimum Gasteiger partial charge on any atom is -0.381 e. The molecule has 2 aromatic carbocycles. The summed E-state index contributed by atoms with van der Waals surface area (Å²) in [6.07, 6.45) is 4.60. The average molecular weight is 526 g/mol. The predicted molar refractivity (Wildman–Crippen MR) is 149 cm³/mol. The lowest BCUT2D eigenvalue weighted by Gasteiger charge is -2.30. The summed E-state index contributed by atoms with van der Waals surface area (Å²) in [4.78, 5) is 39.6. The first-order valence-corrected chi connectivity index (χ1v) is 13.9. The Labute approximate surface area is 229 Å². The maximum Gasteiger partial charge on any atom is 0.254 e. The molecule has 0 bridgehead atoms. The second-order valence-corrected chi connectivity index (χ2v) is 11.1. The van der Waals surface area contributed by atoms with Gasteiger partial charge in [0.15, 0.2) is 0 Å². The average Bonchev–Trinajstić information content (AvgIpc) is 3.27. The van der Waals surface area contributed by atoms with Gasteiger partial charge < -0.3 is 19.9 Å². The molecule has 2 amide bonds. The Hall–Kier alpha value is -3.78. The zero-order valence-electron chi connectivity index (χ0n) is 22.7. The number of hydrogen-bond acceptors (Lipinski definition) is 6. The minimum atomic E-state index is -0.0988. The van der Waals surface area contributed by atoms with Gasteiger partial charge in [0.05, 0.1) is 5.69 Å². The molecule has 0 spiro atoms. The number of ether oxygens (including phenoxy) is 1. The molecule has 0 unspecified atom stereocenters. The van der Waals surface area contributed by atoms with Gasteiger partial charge in [-0.1, -0.05) is 50.2 Å². The maximum absolute atomic E-state index is 13.4. The van der Waals surface area contributed by atoms with Crippen LogP contribution in [0.2, 0.25) is 0 Å². The van der Waals surface area contributed by atoms with Crippen molar-refractivity contribution in [1.29, 1.82) is 0 Å². The second kappa shape index (κ2) is 10.8. The van der Waals surface area contributed by atoms with Crippen molar-refractivity contribution in [2.24, 2.45) is 0 Å². The van der Waals surface area contributed by atoms with Gasteiger partial charge in [0.1, 0.15) is 6.54 Å². The zero-order valence-corrected chi connectivity index (χ0v) is 22.7. The molecule has 1 saturated heterocycles. The van der Waals surface area contributed by atoms with Crippen LogP contribution >= 0.6 is 0 Å². The molecule has 3 aliphatic rings. The Balaban J connectivity index is 1.19. The number of amides is 2. The fourth-order valence-corrected chi connectivity index (χ4v) is 5.75. The molecule has 3 aromatic rings. The molecule has 0 atom stereocenters. The van der Waals surface area contributed by atoms with Crippen molar-refractivity contribution < 1.29 is 14.3 Å². The van der Waals surface area contributed by atoms with Crippen LogP contribution in [0.25, 0.3) is 11.3 Å². The van der Waals surface area contributed by atoms with E-state index in [2.05, 4.69) is 36.3 Å². The molecule has 1 N–H and O–H groups in total. The van der Waals surface area contributed by atoms with Gasteiger partial charge in [-0.2, -0.15) is 0 Å². The molecule has 8 heteroatoms. The Morgan fingerprint density at radius 1 is 1.08 bits per heavy atom. The molecule has 1 aromatic heterocycles. The summed E-state index contributed by atoms with van der Waals surface area (Å²) in [5, 5.41) is 3.46. The van der Waals surface area contributed by atoms with Gasteiger partial charge in [-0.05, 0) is 53.5 Å². The SMILES string of the molecule is CC(C)c1cnc(NC2CCOCC2)nc1-c1ccc2c(c1)C(=O)N(CC(=O)N1CCc3ccccc3C1)C2. The van der Waals surface area contributed by atoms with Crippen molar-refractivity contribution in [3.05, 3.63) is 76.5 Å². The largest absolute Gasteiger partial charge is 0.381 e. The molecule has 39 heavy (non-hydrogen) atoms. The number of aromatic nitrogens is 2. The zero-order chi connectivity index (χ0) is 26.9. The van der Waals surface area contributed by atoms with Crippen LogP contribution in [-0.4, -0.2) is 63.9 Å². The van der Waals surface area contributed by atoms with E-state index in [9.17, 15) is 9.59 Å². The highest BCUT2D eigenvalue weighted by Gasteiger charge is 2.31. The summed E-state index contributed by atoms with van der Waals surface area (Å²) in [6.45, 7) is 7.56. The van der Waals surface area contributed by atoms with E-state index in [1.165, 1.54) is 11.1 Å². The number of benzene rings is 2. The van der Waals surface area contributed by atoms with Gasteiger partial charge in [0, 0.05) is 56.2 Å². The van der Waals surface area contributed by atoms with Crippen molar-refractivity contribution in [1.82, 2.24) is 19.8 Å². The number of nitrogens with one attached hydrogen (secondary N) is 1. The third-order valence-electron chi connectivity index (χ3n) is 8.07. The van der Waals surface area contributed by atoms with Gasteiger partial charge in [0.25, 0.3) is 5.91 Å². The summed E-state index contributed by atoms with van der Waals surface area (Å²) in [5.41, 5.74) is 6.86. The van der Waals surface area contributed by atoms with Gasteiger partial charge in [0.2, 0.25) is 11.9 Å². The Morgan fingerprint density at radius 2 is 1.87 bits per heavy atom. The molecule has 4 heterocycles. The van der Waals surface area contributed by atoms with E-state index >= 15 is 0 Å². The number of anilines is 1. The first-order chi connectivity index (χ1) is 19.0. The summed E-state index contributed by atoms with van der Waals surface area (Å²) in [6, 6.07) is 14.5. The predicted octanol–water partition coefficient (Wildman–Crippen LogP) is 4.40. The lowest BCUT2D eigenvalue weighted by molar-refractivity contribution is -0.132. The second-order valence-electron chi connectivity index (χ2n) is 11.1. The number of carbonyl (C=O) groups is 2. The van der Waals surface area contributed by atoms with E-state index in [0.29, 0.717) is 31.1 Å². The molecule has 8 nitrogen and oxygen atoms in total. The van der Waals surface area contributed by atoms with Crippen molar-refractivity contribution >= 4 is 17.8 Å². The monoisotopic (exact) mass is 525 g/mol. The normalized spacial score (nSPS) is 17.4. The van der Waals surface area contributed by atoms with Crippen LogP contribution in [0, 0.1) is 0 Å². The number of fused-ring (bicyclic) bond motifs is 2. The van der Waals surface area contributed by atoms with Gasteiger partial charge in [-0.3, -0.25) is 9.59 Å². The maximum atomic E-state index is 13.4. The summed E-state index contributed by atoms with van der Waals surface area (Å²) in [5.74, 6) is 0.722. The fourth-order valence-electron chi connectivity index (χ4n) is 5.75. The summed E-state index contributed by atoms with van der Waals surface area (Å²) >= 11 is 0. The van der Waals surface area contributed by atoms with Crippen LogP contribution in [0.3, 0.4) is 0 Å². The molecule has 0 radical (unpaired) electrons. The first-order valence-electron chi connectivity index (χ1n) is 13.9. The highest BCUT2D eigenvalue weighted by Crippen LogP contribution is 2.32. The third-order valence-corrected chi connectivity index (χ3v) is 8.07. The molecule has 6 rings (SSSR count).